The van der Waals surface area contributed by atoms with Gasteiger partial charge in [-0.25, -0.2) is 4.68 Å². The smallest absolute Gasteiger partial charge is 0.140 e. The van der Waals surface area contributed by atoms with E-state index in [0.717, 1.165) is 55.7 Å². The maximum atomic E-state index is 11.2. The van der Waals surface area contributed by atoms with Crippen LogP contribution in [-0.2, 0) is 24.2 Å². The van der Waals surface area contributed by atoms with Crippen molar-refractivity contribution >= 4 is 5.78 Å². The molecule has 2 saturated carbocycles. The van der Waals surface area contributed by atoms with Crippen LogP contribution in [0.1, 0.15) is 73.6 Å². The van der Waals surface area contributed by atoms with Crippen molar-refractivity contribution in [2.24, 2.45) is 5.41 Å². The van der Waals surface area contributed by atoms with Crippen LogP contribution in [0.25, 0.3) is 0 Å². The van der Waals surface area contributed by atoms with Crippen molar-refractivity contribution in [2.75, 3.05) is 0 Å². The summed E-state index contributed by atoms with van der Waals surface area (Å²) < 4.78 is 7.43. The Labute approximate surface area is 140 Å². The molecule has 2 aromatic rings. The van der Waals surface area contributed by atoms with Crippen LogP contribution in [0.5, 0.6) is 0 Å². The molecule has 0 aromatic carbocycles. The Balaban J connectivity index is 1.27. The van der Waals surface area contributed by atoms with E-state index in [9.17, 15) is 4.79 Å². The van der Waals surface area contributed by atoms with Crippen LogP contribution in [0, 0.1) is 5.41 Å². The number of aromatic nitrogens is 4. The van der Waals surface area contributed by atoms with E-state index in [1.54, 1.807) is 0 Å². The SMILES string of the molecule is O=C1CC2(C1)CC(c1cn(Cc3noc4c3CCCCC4)nn1)C2. The predicted molar refractivity (Wildman–Crippen MR) is 85.5 cm³/mol. The average molecular weight is 326 g/mol. The molecular formula is C18H22N4O2. The lowest BCUT2D eigenvalue weighted by molar-refractivity contribution is -0.139. The number of rotatable bonds is 3. The second-order valence-corrected chi connectivity index (χ2v) is 7.93. The third-order valence-electron chi connectivity index (χ3n) is 6.07. The fourth-order valence-corrected chi connectivity index (χ4v) is 4.75. The van der Waals surface area contributed by atoms with Gasteiger partial charge in [-0.15, -0.1) is 5.10 Å². The summed E-state index contributed by atoms with van der Waals surface area (Å²) in [5, 5.41) is 12.9. The molecular weight excluding hydrogens is 304 g/mol. The number of nitrogens with zero attached hydrogens (tertiary/aromatic N) is 4. The molecule has 0 atom stereocenters. The van der Waals surface area contributed by atoms with Gasteiger partial charge in [0.2, 0.25) is 0 Å². The molecule has 2 fully saturated rings. The Hall–Kier alpha value is -1.98. The number of Topliss-reactive ketones (excluding diaryl/α,β-unsaturated/α-hetero) is 1. The maximum Gasteiger partial charge on any atom is 0.140 e. The minimum absolute atomic E-state index is 0.314. The molecule has 6 heteroatoms. The Morgan fingerprint density at radius 3 is 2.88 bits per heavy atom. The van der Waals surface area contributed by atoms with Crippen LogP contribution in [0.15, 0.2) is 10.7 Å². The largest absolute Gasteiger partial charge is 0.361 e. The molecule has 5 rings (SSSR count). The van der Waals surface area contributed by atoms with Crippen LogP contribution in [0.3, 0.4) is 0 Å². The van der Waals surface area contributed by atoms with Crippen molar-refractivity contribution in [2.45, 2.75) is 70.3 Å². The van der Waals surface area contributed by atoms with Crippen LogP contribution in [0.2, 0.25) is 0 Å². The second-order valence-electron chi connectivity index (χ2n) is 7.93. The first-order valence-electron chi connectivity index (χ1n) is 9.09. The standard InChI is InChI=1S/C18H22N4O2/c23-13-8-18(9-13)6-12(7-18)15-10-22(21-19-15)11-16-14-4-2-1-3-5-17(14)24-20-16/h10,12H,1-9,11H2. The lowest BCUT2D eigenvalue weighted by atomic mass is 9.51. The van der Waals surface area contributed by atoms with E-state index in [2.05, 4.69) is 21.7 Å². The molecule has 24 heavy (non-hydrogen) atoms. The van der Waals surface area contributed by atoms with Crippen molar-refractivity contribution < 1.29 is 9.32 Å². The summed E-state index contributed by atoms with van der Waals surface area (Å²) in [4.78, 5) is 11.2. The number of fused-ring (bicyclic) bond motifs is 1. The number of ketones is 1. The first-order valence-corrected chi connectivity index (χ1v) is 9.09. The highest BCUT2D eigenvalue weighted by atomic mass is 16.5. The molecule has 2 aromatic heterocycles. The quantitative estimate of drug-likeness (QED) is 0.811. The zero-order chi connectivity index (χ0) is 16.1. The van der Waals surface area contributed by atoms with E-state index < -0.39 is 0 Å². The summed E-state index contributed by atoms with van der Waals surface area (Å²) in [6.45, 7) is 0.641. The van der Waals surface area contributed by atoms with Gasteiger partial charge in [0.1, 0.15) is 17.2 Å². The first kappa shape index (κ1) is 14.4. The van der Waals surface area contributed by atoms with Crippen molar-refractivity contribution in [3.8, 4) is 0 Å². The lowest BCUT2D eigenvalue weighted by Gasteiger charge is -2.52. The van der Waals surface area contributed by atoms with Crippen molar-refractivity contribution in [3.63, 3.8) is 0 Å². The molecule has 126 valence electrons. The molecule has 3 aliphatic rings. The number of carbonyl (C=O) groups is 1. The van der Waals surface area contributed by atoms with Gasteiger partial charge in [-0.1, -0.05) is 16.8 Å². The predicted octanol–water partition coefficient (Wildman–Crippen LogP) is 2.81. The monoisotopic (exact) mass is 326 g/mol. The van der Waals surface area contributed by atoms with Gasteiger partial charge in [-0.3, -0.25) is 4.79 Å². The van der Waals surface area contributed by atoms with Crippen molar-refractivity contribution in [3.05, 3.63) is 28.9 Å². The number of hydrogen-bond donors (Lipinski definition) is 0. The van der Waals surface area contributed by atoms with E-state index in [0.29, 0.717) is 23.7 Å². The number of carbonyl (C=O) groups excluding carboxylic acids is 1. The molecule has 0 bridgehead atoms. The highest BCUT2D eigenvalue weighted by Crippen LogP contribution is 2.60. The second kappa shape index (κ2) is 5.26. The first-order chi connectivity index (χ1) is 11.7. The molecule has 0 aliphatic heterocycles. The minimum Gasteiger partial charge on any atom is -0.361 e. The average Bonchev–Trinajstić information content (AvgIpc) is 3.03. The number of hydrogen-bond acceptors (Lipinski definition) is 5. The van der Waals surface area contributed by atoms with Gasteiger partial charge in [0, 0.05) is 36.9 Å². The van der Waals surface area contributed by atoms with E-state index >= 15 is 0 Å². The molecule has 2 heterocycles. The third-order valence-corrected chi connectivity index (χ3v) is 6.07. The van der Waals surface area contributed by atoms with Gasteiger partial charge in [-0.2, -0.15) is 0 Å². The van der Waals surface area contributed by atoms with E-state index in [4.69, 9.17) is 4.52 Å². The Bertz CT molecular complexity index is 775. The Kier molecular flexibility index (Phi) is 3.15. The summed E-state index contributed by atoms with van der Waals surface area (Å²) in [5.74, 6) is 1.96. The Morgan fingerprint density at radius 1 is 1.21 bits per heavy atom. The van der Waals surface area contributed by atoms with Gasteiger partial charge in [0.25, 0.3) is 0 Å². The van der Waals surface area contributed by atoms with Gasteiger partial charge in [0.15, 0.2) is 0 Å². The van der Waals surface area contributed by atoms with Crippen LogP contribution < -0.4 is 0 Å². The van der Waals surface area contributed by atoms with Crippen LogP contribution in [0.4, 0.5) is 0 Å². The molecule has 1 spiro atoms. The molecule has 6 nitrogen and oxygen atoms in total. The molecule has 0 amide bonds. The van der Waals surface area contributed by atoms with Gasteiger partial charge in [-0.05, 0) is 37.5 Å². The van der Waals surface area contributed by atoms with E-state index in [1.165, 1.54) is 24.8 Å². The zero-order valence-electron chi connectivity index (χ0n) is 13.8. The summed E-state index contributed by atoms with van der Waals surface area (Å²) >= 11 is 0. The third kappa shape index (κ3) is 2.31. The normalized spacial score (nSPS) is 22.8. The molecule has 3 aliphatic carbocycles. The molecule has 0 N–H and O–H groups in total. The highest BCUT2D eigenvalue weighted by molar-refractivity contribution is 5.86. The lowest BCUT2D eigenvalue weighted by Crippen LogP contribution is -2.46. The molecule has 0 radical (unpaired) electrons. The Morgan fingerprint density at radius 2 is 2.04 bits per heavy atom. The van der Waals surface area contributed by atoms with E-state index in [1.807, 2.05) is 4.68 Å². The van der Waals surface area contributed by atoms with Crippen LogP contribution in [-0.4, -0.2) is 25.9 Å². The fraction of sp³-hybridized carbons (Fsp3) is 0.667. The summed E-state index contributed by atoms with van der Waals surface area (Å²) in [6, 6.07) is 0. The zero-order valence-corrected chi connectivity index (χ0v) is 13.8. The van der Waals surface area contributed by atoms with Gasteiger partial charge >= 0.3 is 0 Å². The summed E-state index contributed by atoms with van der Waals surface area (Å²) in [7, 11) is 0. The van der Waals surface area contributed by atoms with E-state index in [-0.39, 0.29) is 0 Å². The summed E-state index contributed by atoms with van der Waals surface area (Å²) in [6.07, 6.45) is 11.5. The number of aryl methyl sites for hydroxylation is 1. The molecule has 0 unspecified atom stereocenters. The highest BCUT2D eigenvalue weighted by Gasteiger charge is 2.53. The van der Waals surface area contributed by atoms with Gasteiger partial charge in [0.05, 0.1) is 12.2 Å². The summed E-state index contributed by atoms with van der Waals surface area (Å²) in [5.41, 5.74) is 3.68. The topological polar surface area (TPSA) is 73.8 Å². The molecule has 0 saturated heterocycles. The van der Waals surface area contributed by atoms with Gasteiger partial charge < -0.3 is 4.52 Å². The maximum absolute atomic E-state index is 11.2. The minimum atomic E-state index is 0.314. The fourth-order valence-electron chi connectivity index (χ4n) is 4.75. The van der Waals surface area contributed by atoms with Crippen LogP contribution >= 0.6 is 0 Å². The van der Waals surface area contributed by atoms with Crippen molar-refractivity contribution in [1.29, 1.82) is 0 Å². The van der Waals surface area contributed by atoms with Crippen molar-refractivity contribution in [1.82, 2.24) is 20.2 Å².